The van der Waals surface area contributed by atoms with Gasteiger partial charge in [-0.1, -0.05) is 49.2 Å². The van der Waals surface area contributed by atoms with Crippen molar-refractivity contribution in [2.24, 2.45) is 5.41 Å². The van der Waals surface area contributed by atoms with Crippen LogP contribution in [0.25, 0.3) is 0 Å². The highest BCUT2D eigenvalue weighted by Gasteiger charge is 2.33. The molecule has 1 aliphatic rings. The summed E-state index contributed by atoms with van der Waals surface area (Å²) in [5, 5.41) is 10.7. The minimum absolute atomic E-state index is 0.118. The minimum atomic E-state index is -0.444. The molecule has 0 heterocycles. The molecule has 1 unspecified atom stereocenters. The van der Waals surface area contributed by atoms with E-state index in [-0.39, 0.29) is 5.41 Å². The zero-order valence-corrected chi connectivity index (χ0v) is 12.0. The van der Waals surface area contributed by atoms with Crippen LogP contribution in [0.15, 0.2) is 35.4 Å². The van der Waals surface area contributed by atoms with Crippen molar-refractivity contribution in [1.29, 1.82) is 0 Å². The lowest BCUT2D eigenvalue weighted by atomic mass is 9.69. The molecule has 2 rings (SSSR count). The quantitative estimate of drug-likeness (QED) is 0.756. The summed E-state index contributed by atoms with van der Waals surface area (Å²) in [7, 11) is 0. The van der Waals surface area contributed by atoms with Gasteiger partial charge in [-0.05, 0) is 49.7 Å². The van der Waals surface area contributed by atoms with E-state index in [1.165, 1.54) is 29.6 Å². The average molecular weight is 244 g/mol. The zero-order chi connectivity index (χ0) is 13.3. The van der Waals surface area contributed by atoms with Gasteiger partial charge in [-0.3, -0.25) is 0 Å². The predicted molar refractivity (Wildman–Crippen MR) is 76.5 cm³/mol. The molecule has 1 atom stereocenters. The van der Waals surface area contributed by atoms with Crippen molar-refractivity contribution in [2.45, 2.75) is 53.1 Å². The summed E-state index contributed by atoms with van der Waals surface area (Å²) in [6, 6.07) is 8.24. The standard InChI is InChI=1S/C17H24O/c1-12-7-9-14(10-8-12)16(18)15-13(2)6-5-11-17(15,3)4/h7-10,16,18H,5-6,11H2,1-4H3. The average Bonchev–Trinajstić information content (AvgIpc) is 2.28. The number of hydrogen-bond donors (Lipinski definition) is 1. The van der Waals surface area contributed by atoms with Crippen molar-refractivity contribution in [3.8, 4) is 0 Å². The van der Waals surface area contributed by atoms with Crippen molar-refractivity contribution in [2.75, 3.05) is 0 Å². The Hall–Kier alpha value is -1.08. The van der Waals surface area contributed by atoms with Crippen LogP contribution in [0.4, 0.5) is 0 Å². The Balaban J connectivity index is 2.37. The van der Waals surface area contributed by atoms with Gasteiger partial charge in [0.25, 0.3) is 0 Å². The van der Waals surface area contributed by atoms with E-state index in [1.54, 1.807) is 0 Å². The maximum absolute atomic E-state index is 10.7. The Bertz CT molecular complexity index is 451. The van der Waals surface area contributed by atoms with E-state index < -0.39 is 6.10 Å². The molecule has 0 saturated heterocycles. The molecule has 1 nitrogen and oxygen atoms in total. The van der Waals surface area contributed by atoms with Crippen LogP contribution in [0.2, 0.25) is 0 Å². The van der Waals surface area contributed by atoms with Gasteiger partial charge in [-0.25, -0.2) is 0 Å². The first-order chi connectivity index (χ1) is 8.42. The van der Waals surface area contributed by atoms with E-state index in [1.807, 2.05) is 12.1 Å². The first-order valence-electron chi connectivity index (χ1n) is 6.86. The van der Waals surface area contributed by atoms with E-state index in [4.69, 9.17) is 0 Å². The number of rotatable bonds is 2. The molecule has 1 aromatic rings. The molecular formula is C17H24O. The number of aryl methyl sites for hydroxylation is 1. The van der Waals surface area contributed by atoms with E-state index in [2.05, 4.69) is 39.8 Å². The predicted octanol–water partition coefficient (Wildman–Crippen LogP) is 4.56. The lowest BCUT2D eigenvalue weighted by molar-refractivity contribution is 0.171. The van der Waals surface area contributed by atoms with Crippen LogP contribution >= 0.6 is 0 Å². The van der Waals surface area contributed by atoms with Crippen molar-refractivity contribution < 1.29 is 5.11 Å². The second-order valence-electron chi connectivity index (χ2n) is 6.24. The fourth-order valence-electron chi connectivity index (χ4n) is 3.16. The molecule has 0 radical (unpaired) electrons. The lowest BCUT2D eigenvalue weighted by Crippen LogP contribution is -2.25. The fourth-order valence-corrected chi connectivity index (χ4v) is 3.16. The first kappa shape index (κ1) is 13.4. The number of aliphatic hydroxyl groups is 1. The highest BCUT2D eigenvalue weighted by Crippen LogP contribution is 2.45. The van der Waals surface area contributed by atoms with Gasteiger partial charge >= 0.3 is 0 Å². The van der Waals surface area contributed by atoms with Crippen LogP contribution in [0.3, 0.4) is 0 Å². The summed E-state index contributed by atoms with van der Waals surface area (Å²) in [4.78, 5) is 0. The molecule has 0 spiro atoms. The van der Waals surface area contributed by atoms with Crippen molar-refractivity contribution >= 4 is 0 Å². The van der Waals surface area contributed by atoms with Crippen LogP contribution in [0.5, 0.6) is 0 Å². The molecule has 0 saturated carbocycles. The number of allylic oxidation sites excluding steroid dienone is 1. The van der Waals surface area contributed by atoms with Crippen LogP contribution in [-0.4, -0.2) is 5.11 Å². The summed E-state index contributed by atoms with van der Waals surface area (Å²) in [6.45, 7) is 8.75. The van der Waals surface area contributed by atoms with Gasteiger partial charge in [0, 0.05) is 0 Å². The highest BCUT2D eigenvalue weighted by atomic mass is 16.3. The summed E-state index contributed by atoms with van der Waals surface area (Å²) in [6.07, 6.45) is 3.09. The van der Waals surface area contributed by atoms with Crippen molar-refractivity contribution in [1.82, 2.24) is 0 Å². The number of aliphatic hydroxyl groups excluding tert-OH is 1. The summed E-state index contributed by atoms with van der Waals surface area (Å²) < 4.78 is 0. The maximum Gasteiger partial charge on any atom is 0.101 e. The molecule has 0 aliphatic heterocycles. The smallest absolute Gasteiger partial charge is 0.101 e. The second-order valence-corrected chi connectivity index (χ2v) is 6.24. The molecule has 0 amide bonds. The lowest BCUT2D eigenvalue weighted by Gasteiger charge is -2.37. The molecule has 18 heavy (non-hydrogen) atoms. The molecule has 1 N–H and O–H groups in total. The van der Waals surface area contributed by atoms with Gasteiger partial charge in [0.1, 0.15) is 6.10 Å². The number of hydrogen-bond acceptors (Lipinski definition) is 1. The Morgan fingerprint density at radius 3 is 2.28 bits per heavy atom. The van der Waals surface area contributed by atoms with Gasteiger partial charge in [0.2, 0.25) is 0 Å². The van der Waals surface area contributed by atoms with E-state index in [0.717, 1.165) is 12.0 Å². The molecule has 1 aliphatic carbocycles. The largest absolute Gasteiger partial charge is 0.384 e. The monoisotopic (exact) mass is 244 g/mol. The molecule has 0 bridgehead atoms. The molecule has 1 aromatic carbocycles. The third-order valence-electron chi connectivity index (χ3n) is 4.21. The zero-order valence-electron chi connectivity index (χ0n) is 12.0. The van der Waals surface area contributed by atoms with Crippen LogP contribution in [0.1, 0.15) is 57.3 Å². The van der Waals surface area contributed by atoms with Gasteiger partial charge in [0.05, 0.1) is 0 Å². The van der Waals surface area contributed by atoms with Crippen molar-refractivity contribution in [3.05, 3.63) is 46.5 Å². The van der Waals surface area contributed by atoms with Gasteiger partial charge in [-0.2, -0.15) is 0 Å². The van der Waals surface area contributed by atoms with Crippen LogP contribution < -0.4 is 0 Å². The Morgan fingerprint density at radius 1 is 1.11 bits per heavy atom. The molecule has 0 aromatic heterocycles. The van der Waals surface area contributed by atoms with Gasteiger partial charge in [0.15, 0.2) is 0 Å². The van der Waals surface area contributed by atoms with Crippen molar-refractivity contribution in [3.63, 3.8) is 0 Å². The van der Waals surface area contributed by atoms with E-state index >= 15 is 0 Å². The fraction of sp³-hybridized carbons (Fsp3) is 0.529. The SMILES string of the molecule is CC1=C(C(O)c2ccc(C)cc2)C(C)(C)CCC1. The third-order valence-corrected chi connectivity index (χ3v) is 4.21. The summed E-state index contributed by atoms with van der Waals surface area (Å²) in [5.41, 5.74) is 4.98. The Morgan fingerprint density at radius 2 is 1.72 bits per heavy atom. The van der Waals surface area contributed by atoms with E-state index in [0.29, 0.717) is 0 Å². The Kier molecular flexibility index (Phi) is 3.63. The minimum Gasteiger partial charge on any atom is -0.384 e. The molecule has 98 valence electrons. The molecular weight excluding hydrogens is 220 g/mol. The van der Waals surface area contributed by atoms with E-state index in [9.17, 15) is 5.11 Å². The van der Waals surface area contributed by atoms with Crippen LogP contribution in [0, 0.1) is 12.3 Å². The Labute approximate surface area is 111 Å². The normalized spacial score (nSPS) is 20.9. The number of benzene rings is 1. The molecule has 1 heteroatoms. The summed E-state index contributed by atoms with van der Waals surface area (Å²) >= 11 is 0. The maximum atomic E-state index is 10.7. The van der Waals surface area contributed by atoms with Gasteiger partial charge < -0.3 is 5.11 Å². The highest BCUT2D eigenvalue weighted by molar-refractivity contribution is 5.34. The third kappa shape index (κ3) is 2.51. The topological polar surface area (TPSA) is 20.2 Å². The first-order valence-corrected chi connectivity index (χ1v) is 6.86. The second kappa shape index (κ2) is 4.89. The van der Waals surface area contributed by atoms with Gasteiger partial charge in [-0.15, -0.1) is 0 Å². The van der Waals surface area contributed by atoms with Crippen LogP contribution in [-0.2, 0) is 0 Å². The summed E-state index contributed by atoms with van der Waals surface area (Å²) in [5.74, 6) is 0. The molecule has 0 fully saturated rings.